The van der Waals surface area contributed by atoms with Crippen LogP contribution >= 0.6 is 0 Å². The summed E-state index contributed by atoms with van der Waals surface area (Å²) in [5.74, 6) is -2.87. The molecule has 4 rings (SSSR count). The second kappa shape index (κ2) is 9.63. The molecule has 1 unspecified atom stereocenters. The first-order valence-electron chi connectivity index (χ1n) is 11.5. The molecule has 1 aromatic carbocycles. The molecular formula is C22H30F2N4O4S. The van der Waals surface area contributed by atoms with E-state index in [0.717, 1.165) is 38.2 Å². The van der Waals surface area contributed by atoms with E-state index >= 15 is 0 Å². The number of hydrogen-bond acceptors (Lipinski definition) is 4. The van der Waals surface area contributed by atoms with Crippen molar-refractivity contribution in [2.24, 2.45) is 5.92 Å². The number of piperazine rings is 1. The highest BCUT2D eigenvalue weighted by Gasteiger charge is 2.40. The van der Waals surface area contributed by atoms with Gasteiger partial charge in [0.2, 0.25) is 11.8 Å². The largest absolute Gasteiger partial charge is 0.340 e. The fraction of sp³-hybridized carbons (Fsp3) is 0.636. The lowest BCUT2D eigenvalue weighted by molar-refractivity contribution is -0.137. The third-order valence-corrected chi connectivity index (χ3v) is 9.05. The third-order valence-electron chi connectivity index (χ3n) is 7.00. The molecule has 0 bridgehead atoms. The molecule has 0 spiro atoms. The molecule has 0 N–H and O–H groups in total. The summed E-state index contributed by atoms with van der Waals surface area (Å²) in [4.78, 5) is 28.2. The molecule has 1 aromatic rings. The van der Waals surface area contributed by atoms with Gasteiger partial charge < -0.3 is 9.80 Å². The summed E-state index contributed by atoms with van der Waals surface area (Å²) in [5, 5.41) is 0. The normalized spacial score (nSPS) is 23.5. The van der Waals surface area contributed by atoms with Gasteiger partial charge in [0.15, 0.2) is 0 Å². The van der Waals surface area contributed by atoms with Crippen molar-refractivity contribution in [3.05, 3.63) is 29.8 Å². The summed E-state index contributed by atoms with van der Waals surface area (Å²) in [5.41, 5.74) is -0.0432. The van der Waals surface area contributed by atoms with Crippen LogP contribution < -0.4 is 4.90 Å². The van der Waals surface area contributed by atoms with Crippen LogP contribution in [0, 0.1) is 17.6 Å². The number of carbonyl (C=O) groups is 2. The van der Waals surface area contributed by atoms with Crippen LogP contribution in [-0.2, 0) is 19.8 Å². The molecule has 2 heterocycles. The van der Waals surface area contributed by atoms with E-state index in [4.69, 9.17) is 0 Å². The molecule has 3 aliphatic rings. The van der Waals surface area contributed by atoms with Crippen LogP contribution in [0.3, 0.4) is 0 Å². The Labute approximate surface area is 193 Å². The van der Waals surface area contributed by atoms with Crippen LogP contribution in [0.1, 0.15) is 38.5 Å². The number of anilines is 1. The summed E-state index contributed by atoms with van der Waals surface area (Å²) in [6.07, 6.45) is 4.89. The van der Waals surface area contributed by atoms with E-state index < -0.39 is 33.7 Å². The van der Waals surface area contributed by atoms with Crippen molar-refractivity contribution in [2.75, 3.05) is 44.7 Å². The molecule has 1 aliphatic carbocycles. The van der Waals surface area contributed by atoms with Crippen molar-refractivity contribution in [1.82, 2.24) is 13.5 Å². The second-order valence-corrected chi connectivity index (χ2v) is 11.0. The Morgan fingerprint density at radius 3 is 2.36 bits per heavy atom. The Kier molecular flexibility index (Phi) is 7.01. The van der Waals surface area contributed by atoms with Gasteiger partial charge in [-0.15, -0.1) is 0 Å². The van der Waals surface area contributed by atoms with Crippen molar-refractivity contribution in [2.45, 2.75) is 44.6 Å². The molecule has 0 radical (unpaired) electrons. The van der Waals surface area contributed by atoms with Gasteiger partial charge in [-0.1, -0.05) is 19.3 Å². The Morgan fingerprint density at radius 2 is 1.73 bits per heavy atom. The smallest absolute Gasteiger partial charge is 0.282 e. The Morgan fingerprint density at radius 1 is 1.06 bits per heavy atom. The van der Waals surface area contributed by atoms with Crippen molar-refractivity contribution < 1.29 is 26.8 Å². The lowest BCUT2D eigenvalue weighted by Gasteiger charge is -2.39. The van der Waals surface area contributed by atoms with E-state index in [2.05, 4.69) is 0 Å². The minimum Gasteiger partial charge on any atom is -0.340 e. The summed E-state index contributed by atoms with van der Waals surface area (Å²) < 4.78 is 56.3. The number of amides is 2. The Bertz CT molecular complexity index is 1010. The van der Waals surface area contributed by atoms with Crippen molar-refractivity contribution in [3.63, 3.8) is 0 Å². The molecule has 8 nitrogen and oxygen atoms in total. The average Bonchev–Trinajstić information content (AvgIpc) is 3.20. The number of hydrogen-bond donors (Lipinski definition) is 0. The predicted octanol–water partition coefficient (Wildman–Crippen LogP) is 1.97. The summed E-state index contributed by atoms with van der Waals surface area (Å²) in [7, 11) is -1.96. The summed E-state index contributed by atoms with van der Waals surface area (Å²) in [6.45, 7) is 0.895. The van der Waals surface area contributed by atoms with Gasteiger partial charge >= 0.3 is 0 Å². The van der Waals surface area contributed by atoms with Crippen LogP contribution in [0.15, 0.2) is 18.2 Å². The third kappa shape index (κ3) is 4.90. The van der Waals surface area contributed by atoms with Gasteiger partial charge in [0.05, 0.1) is 11.6 Å². The van der Waals surface area contributed by atoms with E-state index in [1.807, 2.05) is 0 Å². The minimum atomic E-state index is -3.60. The molecule has 182 valence electrons. The standard InChI is InChI=1S/C22H30F2N4O4S/c1-25(18-5-3-2-4-6-18)33(31,32)27-11-9-26(10-12-27)22(30)16-13-21(29)28(15-16)20-8-7-17(23)14-19(20)24/h7-8,14,16,18H,2-6,9-13,15H2,1H3. The fourth-order valence-electron chi connectivity index (χ4n) is 5.02. The second-order valence-electron chi connectivity index (χ2n) is 9.04. The highest BCUT2D eigenvalue weighted by molar-refractivity contribution is 7.86. The maximum absolute atomic E-state index is 14.1. The highest BCUT2D eigenvalue weighted by atomic mass is 32.2. The topological polar surface area (TPSA) is 81.2 Å². The highest BCUT2D eigenvalue weighted by Crippen LogP contribution is 2.30. The first kappa shape index (κ1) is 24.0. The van der Waals surface area contributed by atoms with Gasteiger partial charge in [-0.2, -0.15) is 17.0 Å². The van der Waals surface area contributed by atoms with Crippen LogP contribution in [-0.4, -0.2) is 79.6 Å². The molecular weight excluding hydrogens is 454 g/mol. The number of nitrogens with zero attached hydrogens (tertiary/aromatic N) is 4. The Balaban J connectivity index is 1.35. The molecule has 2 amide bonds. The van der Waals surface area contributed by atoms with Crippen molar-refractivity contribution in [1.29, 1.82) is 0 Å². The van der Waals surface area contributed by atoms with Gasteiger partial charge in [0.25, 0.3) is 10.2 Å². The predicted molar refractivity (Wildman–Crippen MR) is 119 cm³/mol. The summed E-state index contributed by atoms with van der Waals surface area (Å²) in [6, 6.07) is 3.00. The zero-order valence-corrected chi connectivity index (χ0v) is 19.6. The quantitative estimate of drug-likeness (QED) is 0.640. The van der Waals surface area contributed by atoms with E-state index in [1.165, 1.54) is 19.6 Å². The van der Waals surface area contributed by atoms with Gasteiger partial charge in [-0.3, -0.25) is 9.59 Å². The molecule has 0 aromatic heterocycles. The molecule has 1 saturated carbocycles. The monoisotopic (exact) mass is 484 g/mol. The molecule has 1 atom stereocenters. The van der Waals surface area contributed by atoms with Crippen LogP contribution in [0.4, 0.5) is 14.5 Å². The zero-order valence-electron chi connectivity index (χ0n) is 18.8. The lowest BCUT2D eigenvalue weighted by atomic mass is 9.96. The van der Waals surface area contributed by atoms with Crippen LogP contribution in [0.2, 0.25) is 0 Å². The molecule has 2 aliphatic heterocycles. The van der Waals surface area contributed by atoms with Gasteiger partial charge in [0.1, 0.15) is 11.6 Å². The number of rotatable bonds is 5. The molecule has 2 saturated heterocycles. The average molecular weight is 485 g/mol. The lowest BCUT2D eigenvalue weighted by Crippen LogP contribution is -2.56. The number of benzene rings is 1. The van der Waals surface area contributed by atoms with Crippen molar-refractivity contribution >= 4 is 27.7 Å². The first-order chi connectivity index (χ1) is 15.7. The van der Waals surface area contributed by atoms with Crippen LogP contribution in [0.5, 0.6) is 0 Å². The van der Waals surface area contributed by atoms with Crippen LogP contribution in [0.25, 0.3) is 0 Å². The van der Waals surface area contributed by atoms with Crippen molar-refractivity contribution in [3.8, 4) is 0 Å². The van der Waals surface area contributed by atoms with E-state index in [9.17, 15) is 26.8 Å². The van der Waals surface area contributed by atoms with E-state index in [1.54, 1.807) is 11.9 Å². The summed E-state index contributed by atoms with van der Waals surface area (Å²) >= 11 is 0. The SMILES string of the molecule is CN(C1CCCCC1)S(=O)(=O)N1CCN(C(=O)C2CC(=O)N(c3ccc(F)cc3F)C2)CC1. The van der Waals surface area contributed by atoms with E-state index in [-0.39, 0.29) is 56.8 Å². The van der Waals surface area contributed by atoms with Gasteiger partial charge in [-0.25, -0.2) is 8.78 Å². The first-order valence-corrected chi connectivity index (χ1v) is 12.9. The Hall–Kier alpha value is -2.11. The molecule has 11 heteroatoms. The zero-order chi connectivity index (χ0) is 23.8. The fourth-order valence-corrected chi connectivity index (χ4v) is 6.60. The molecule has 33 heavy (non-hydrogen) atoms. The maximum atomic E-state index is 14.1. The minimum absolute atomic E-state index is 0.0170. The van der Waals surface area contributed by atoms with Gasteiger partial charge in [-0.05, 0) is 25.0 Å². The number of halogens is 2. The van der Waals surface area contributed by atoms with E-state index in [0.29, 0.717) is 6.07 Å². The number of carbonyl (C=O) groups excluding carboxylic acids is 2. The maximum Gasteiger partial charge on any atom is 0.282 e. The van der Waals surface area contributed by atoms with Gasteiger partial charge in [0, 0.05) is 58.3 Å². The molecule has 3 fully saturated rings.